The van der Waals surface area contributed by atoms with Gasteiger partial charge in [0.1, 0.15) is 0 Å². The molecule has 0 bridgehead atoms. The zero-order chi connectivity index (χ0) is 13.9. The van der Waals surface area contributed by atoms with Crippen molar-refractivity contribution in [1.82, 2.24) is 10.3 Å². The molecule has 0 aliphatic carbocycles. The number of nitrogens with one attached hydrogen (secondary N) is 1. The van der Waals surface area contributed by atoms with Crippen molar-refractivity contribution in [2.75, 3.05) is 18.5 Å². The lowest BCUT2D eigenvalue weighted by atomic mass is 10.0. The fraction of sp³-hybridized carbons (Fsp3) is 0.438. The van der Waals surface area contributed by atoms with Crippen molar-refractivity contribution < 1.29 is 0 Å². The molecule has 3 rings (SSSR count). The molecule has 2 aromatic rings. The summed E-state index contributed by atoms with van der Waals surface area (Å²) in [6.07, 6.45) is 2.38. The lowest BCUT2D eigenvalue weighted by molar-refractivity contribution is 0.635. The van der Waals surface area contributed by atoms with Crippen molar-refractivity contribution in [1.29, 1.82) is 0 Å². The summed E-state index contributed by atoms with van der Waals surface area (Å²) < 4.78 is 0. The number of benzene rings is 1. The van der Waals surface area contributed by atoms with Crippen LogP contribution in [0, 0.1) is 0 Å². The van der Waals surface area contributed by atoms with Crippen LogP contribution in [0.5, 0.6) is 0 Å². The standard InChI is InChI=1S/C16H21N3S/c1-12(17-2)15-11-20-16(18-15)19-9-5-8-13-6-3-4-7-14(13)10-19/h3-4,6-7,11-12,17H,5,8-10H2,1-2H3. The number of aryl methyl sites for hydroxylation is 1. The van der Waals surface area contributed by atoms with E-state index in [-0.39, 0.29) is 0 Å². The molecule has 20 heavy (non-hydrogen) atoms. The highest BCUT2D eigenvalue weighted by molar-refractivity contribution is 7.13. The summed E-state index contributed by atoms with van der Waals surface area (Å²) in [5.41, 5.74) is 4.09. The molecule has 1 unspecified atom stereocenters. The highest BCUT2D eigenvalue weighted by Crippen LogP contribution is 2.28. The Morgan fingerprint density at radius 2 is 2.10 bits per heavy atom. The van der Waals surface area contributed by atoms with Crippen LogP contribution in [0.4, 0.5) is 5.13 Å². The smallest absolute Gasteiger partial charge is 0.185 e. The Labute approximate surface area is 124 Å². The molecule has 0 radical (unpaired) electrons. The second kappa shape index (κ2) is 5.94. The number of hydrogen-bond donors (Lipinski definition) is 1. The third-order valence-corrected chi connectivity index (χ3v) is 4.93. The summed E-state index contributed by atoms with van der Waals surface area (Å²) in [5.74, 6) is 0. The molecule has 2 heterocycles. The summed E-state index contributed by atoms with van der Waals surface area (Å²) in [7, 11) is 1.98. The van der Waals surface area contributed by atoms with E-state index in [1.807, 2.05) is 7.05 Å². The molecule has 1 atom stereocenters. The van der Waals surface area contributed by atoms with E-state index in [2.05, 4.69) is 46.8 Å². The largest absolute Gasteiger partial charge is 0.344 e. The predicted octanol–water partition coefficient (Wildman–Crippen LogP) is 3.38. The Hall–Kier alpha value is -1.39. The first kappa shape index (κ1) is 13.6. The number of fused-ring (bicyclic) bond motifs is 1. The van der Waals surface area contributed by atoms with Gasteiger partial charge in [0.2, 0.25) is 0 Å². The molecule has 4 heteroatoms. The highest BCUT2D eigenvalue weighted by atomic mass is 32.1. The van der Waals surface area contributed by atoms with E-state index in [0.29, 0.717) is 6.04 Å². The van der Waals surface area contributed by atoms with Gasteiger partial charge in [-0.1, -0.05) is 24.3 Å². The number of hydrogen-bond acceptors (Lipinski definition) is 4. The molecule has 0 fully saturated rings. The van der Waals surface area contributed by atoms with Crippen LogP contribution in [0.2, 0.25) is 0 Å². The lowest BCUT2D eigenvalue weighted by Crippen LogP contribution is -2.22. The Bertz CT molecular complexity index is 579. The van der Waals surface area contributed by atoms with Crippen molar-refractivity contribution in [3.63, 3.8) is 0 Å². The van der Waals surface area contributed by atoms with Gasteiger partial charge in [-0.2, -0.15) is 0 Å². The van der Waals surface area contributed by atoms with Crippen molar-refractivity contribution in [2.45, 2.75) is 32.4 Å². The number of rotatable bonds is 3. The highest BCUT2D eigenvalue weighted by Gasteiger charge is 2.18. The summed E-state index contributed by atoms with van der Waals surface area (Å²) in [6.45, 7) is 4.23. The van der Waals surface area contributed by atoms with E-state index in [4.69, 9.17) is 4.98 Å². The minimum absolute atomic E-state index is 0.319. The predicted molar refractivity (Wildman–Crippen MR) is 85.4 cm³/mol. The first-order chi connectivity index (χ1) is 9.78. The van der Waals surface area contributed by atoms with E-state index >= 15 is 0 Å². The van der Waals surface area contributed by atoms with Crippen LogP contribution in [0.1, 0.15) is 36.2 Å². The second-order valence-electron chi connectivity index (χ2n) is 5.36. The molecule has 1 aromatic carbocycles. The maximum Gasteiger partial charge on any atom is 0.185 e. The van der Waals surface area contributed by atoms with E-state index < -0.39 is 0 Å². The van der Waals surface area contributed by atoms with Gasteiger partial charge in [-0.15, -0.1) is 11.3 Å². The van der Waals surface area contributed by atoms with Crippen LogP contribution < -0.4 is 10.2 Å². The maximum absolute atomic E-state index is 4.80. The fourth-order valence-electron chi connectivity index (χ4n) is 2.63. The second-order valence-corrected chi connectivity index (χ2v) is 6.20. The minimum Gasteiger partial charge on any atom is -0.344 e. The van der Waals surface area contributed by atoms with E-state index in [1.165, 1.54) is 24.0 Å². The van der Waals surface area contributed by atoms with Gasteiger partial charge < -0.3 is 10.2 Å². The molecule has 106 valence electrons. The van der Waals surface area contributed by atoms with Gasteiger partial charge in [-0.25, -0.2) is 4.98 Å². The van der Waals surface area contributed by atoms with Crippen LogP contribution in [-0.2, 0) is 13.0 Å². The van der Waals surface area contributed by atoms with Crippen molar-refractivity contribution in [3.05, 3.63) is 46.5 Å². The quantitative estimate of drug-likeness (QED) is 0.938. The molecule has 0 saturated carbocycles. The van der Waals surface area contributed by atoms with E-state index in [0.717, 1.165) is 23.9 Å². The van der Waals surface area contributed by atoms with Gasteiger partial charge in [0.15, 0.2) is 5.13 Å². The number of nitrogens with zero attached hydrogens (tertiary/aromatic N) is 2. The molecule has 1 aliphatic rings. The molecule has 1 N–H and O–H groups in total. The first-order valence-electron chi connectivity index (χ1n) is 7.22. The number of thiazole rings is 1. The first-order valence-corrected chi connectivity index (χ1v) is 8.10. The third kappa shape index (κ3) is 2.72. The van der Waals surface area contributed by atoms with Gasteiger partial charge in [-0.3, -0.25) is 0 Å². The monoisotopic (exact) mass is 287 g/mol. The van der Waals surface area contributed by atoms with Gasteiger partial charge in [0.05, 0.1) is 5.69 Å². The summed E-state index contributed by atoms with van der Waals surface area (Å²) in [5, 5.41) is 6.58. The molecular weight excluding hydrogens is 266 g/mol. The van der Waals surface area contributed by atoms with E-state index in [9.17, 15) is 0 Å². The topological polar surface area (TPSA) is 28.2 Å². The Morgan fingerprint density at radius 1 is 1.30 bits per heavy atom. The third-order valence-electron chi connectivity index (χ3n) is 4.01. The van der Waals surface area contributed by atoms with Gasteiger partial charge in [-0.05, 0) is 37.9 Å². The Kier molecular flexibility index (Phi) is 4.03. The van der Waals surface area contributed by atoms with Gasteiger partial charge in [0.25, 0.3) is 0 Å². The van der Waals surface area contributed by atoms with Gasteiger partial charge in [0, 0.05) is 24.5 Å². The molecule has 3 nitrogen and oxygen atoms in total. The van der Waals surface area contributed by atoms with Crippen molar-refractivity contribution in [2.24, 2.45) is 0 Å². The maximum atomic E-state index is 4.80. The van der Waals surface area contributed by atoms with Crippen molar-refractivity contribution in [3.8, 4) is 0 Å². The molecular formula is C16H21N3S. The Balaban J connectivity index is 1.82. The average Bonchev–Trinajstić information content (AvgIpc) is 2.87. The molecule has 1 aliphatic heterocycles. The summed E-state index contributed by atoms with van der Waals surface area (Å²) >= 11 is 1.76. The Morgan fingerprint density at radius 3 is 2.90 bits per heavy atom. The fourth-order valence-corrected chi connectivity index (χ4v) is 3.58. The summed E-state index contributed by atoms with van der Waals surface area (Å²) in [6, 6.07) is 9.11. The zero-order valence-corrected chi connectivity index (χ0v) is 12.9. The van der Waals surface area contributed by atoms with Crippen LogP contribution in [0.15, 0.2) is 29.6 Å². The zero-order valence-electron chi connectivity index (χ0n) is 12.1. The number of anilines is 1. The van der Waals surface area contributed by atoms with Crippen LogP contribution in [-0.4, -0.2) is 18.6 Å². The molecule has 1 aromatic heterocycles. The SMILES string of the molecule is CNC(C)c1csc(N2CCCc3ccccc3C2)n1. The lowest BCUT2D eigenvalue weighted by Gasteiger charge is -2.19. The summed E-state index contributed by atoms with van der Waals surface area (Å²) in [4.78, 5) is 7.22. The molecule has 0 spiro atoms. The van der Waals surface area contributed by atoms with Gasteiger partial charge >= 0.3 is 0 Å². The van der Waals surface area contributed by atoms with Crippen LogP contribution >= 0.6 is 11.3 Å². The molecule has 0 amide bonds. The van der Waals surface area contributed by atoms with Crippen molar-refractivity contribution >= 4 is 16.5 Å². The average molecular weight is 287 g/mol. The van der Waals surface area contributed by atoms with Crippen LogP contribution in [0.3, 0.4) is 0 Å². The van der Waals surface area contributed by atoms with Crippen LogP contribution in [0.25, 0.3) is 0 Å². The van der Waals surface area contributed by atoms with E-state index in [1.54, 1.807) is 11.3 Å². The normalized spacial score (nSPS) is 16.6. The molecule has 0 saturated heterocycles. The minimum atomic E-state index is 0.319. The number of aromatic nitrogens is 1.